The number of alkyl halides is 3. The van der Waals surface area contributed by atoms with Gasteiger partial charge in [0.05, 0.1) is 11.7 Å². The van der Waals surface area contributed by atoms with Gasteiger partial charge in [-0.1, -0.05) is 0 Å². The summed E-state index contributed by atoms with van der Waals surface area (Å²) < 4.78 is 42.8. The van der Waals surface area contributed by atoms with E-state index >= 15 is 0 Å². The molecule has 0 spiro atoms. The van der Waals surface area contributed by atoms with Crippen LogP contribution in [0.5, 0.6) is 5.75 Å². The molecule has 3 nitrogen and oxygen atoms in total. The van der Waals surface area contributed by atoms with E-state index in [1.807, 2.05) is 0 Å². The minimum absolute atomic E-state index is 0.229. The zero-order chi connectivity index (χ0) is 12.6. The van der Waals surface area contributed by atoms with Gasteiger partial charge in [-0.25, -0.2) is 0 Å². The number of ether oxygens (including phenoxy) is 1. The first-order chi connectivity index (χ1) is 7.87. The summed E-state index contributed by atoms with van der Waals surface area (Å²) in [5, 5.41) is 0. The maximum Gasteiger partial charge on any atom is 0.405 e. The molecule has 2 N–H and O–H groups in total. The maximum absolute atomic E-state index is 12.5. The average molecular weight is 246 g/mol. The number of nitrogens with zero attached hydrogens (tertiary/aromatic N) is 1. The van der Waals surface area contributed by atoms with Crippen molar-refractivity contribution < 1.29 is 17.9 Å². The Balaban J connectivity index is 2.33. The molecule has 0 saturated heterocycles. The van der Waals surface area contributed by atoms with Gasteiger partial charge in [0.2, 0.25) is 0 Å². The highest BCUT2D eigenvalue weighted by Crippen LogP contribution is 2.36. The lowest BCUT2D eigenvalue weighted by Gasteiger charge is -2.37. The van der Waals surface area contributed by atoms with E-state index in [9.17, 15) is 13.2 Å². The van der Waals surface area contributed by atoms with E-state index in [1.165, 1.54) is 4.90 Å². The Hall–Kier alpha value is -1.59. The second-order valence-corrected chi connectivity index (χ2v) is 4.13. The zero-order valence-electron chi connectivity index (χ0n) is 9.29. The highest BCUT2D eigenvalue weighted by atomic mass is 19.4. The van der Waals surface area contributed by atoms with E-state index in [0.29, 0.717) is 17.1 Å². The van der Waals surface area contributed by atoms with E-state index in [2.05, 4.69) is 0 Å². The summed E-state index contributed by atoms with van der Waals surface area (Å²) in [6.45, 7) is 0.950. The number of halogens is 3. The van der Waals surface area contributed by atoms with Crippen molar-refractivity contribution in [2.24, 2.45) is 0 Å². The molecule has 1 atom stereocenters. The molecule has 0 amide bonds. The number of anilines is 2. The molecular formula is C11H13F3N2O. The normalized spacial score (nSPS) is 19.8. The summed E-state index contributed by atoms with van der Waals surface area (Å²) in [5.41, 5.74) is 6.49. The van der Waals surface area contributed by atoms with Crippen molar-refractivity contribution in [3.8, 4) is 5.75 Å². The molecule has 1 aliphatic rings. The topological polar surface area (TPSA) is 38.5 Å². The minimum Gasteiger partial charge on any atom is -0.489 e. The predicted octanol–water partition coefficient (Wildman–Crippen LogP) is 2.42. The van der Waals surface area contributed by atoms with Gasteiger partial charge < -0.3 is 15.4 Å². The van der Waals surface area contributed by atoms with Crippen LogP contribution in [-0.4, -0.2) is 25.4 Å². The molecule has 0 aromatic heterocycles. The first kappa shape index (κ1) is 11.9. The Bertz CT molecular complexity index is 420. The van der Waals surface area contributed by atoms with Crippen LogP contribution in [0.1, 0.15) is 6.92 Å². The molecule has 1 heterocycles. The summed E-state index contributed by atoms with van der Waals surface area (Å²) in [6.07, 6.45) is -4.23. The first-order valence-corrected chi connectivity index (χ1v) is 5.22. The number of rotatable bonds is 1. The van der Waals surface area contributed by atoms with Gasteiger partial charge in [-0.15, -0.1) is 0 Å². The predicted molar refractivity (Wildman–Crippen MR) is 59.2 cm³/mol. The van der Waals surface area contributed by atoms with Gasteiger partial charge in [0.1, 0.15) is 18.9 Å². The van der Waals surface area contributed by atoms with Gasteiger partial charge in [-0.05, 0) is 19.1 Å². The third-order valence-electron chi connectivity index (χ3n) is 2.66. The number of hydrogen-bond acceptors (Lipinski definition) is 3. The van der Waals surface area contributed by atoms with Gasteiger partial charge in [-0.2, -0.15) is 13.2 Å². The van der Waals surface area contributed by atoms with Crippen molar-refractivity contribution >= 4 is 11.4 Å². The van der Waals surface area contributed by atoms with Gasteiger partial charge >= 0.3 is 6.18 Å². The second kappa shape index (κ2) is 4.01. The molecule has 0 saturated carbocycles. The third-order valence-corrected chi connectivity index (χ3v) is 2.66. The number of fused-ring (bicyclic) bond motifs is 1. The Labute approximate surface area is 97.0 Å². The van der Waals surface area contributed by atoms with Crippen LogP contribution in [0.4, 0.5) is 24.5 Å². The van der Waals surface area contributed by atoms with Gasteiger partial charge in [0.25, 0.3) is 0 Å². The number of benzene rings is 1. The van der Waals surface area contributed by atoms with Crippen LogP contribution in [-0.2, 0) is 0 Å². The number of hydrogen-bond donors (Lipinski definition) is 1. The SMILES string of the molecule is CC1COc2cc(N)ccc2N1CC(F)(F)F. The summed E-state index contributed by atoms with van der Waals surface area (Å²) >= 11 is 0. The molecule has 1 aliphatic heterocycles. The monoisotopic (exact) mass is 246 g/mol. The van der Waals surface area contributed by atoms with Crippen LogP contribution in [0, 0.1) is 0 Å². The summed E-state index contributed by atoms with van der Waals surface area (Å²) in [7, 11) is 0. The lowest BCUT2D eigenvalue weighted by molar-refractivity contribution is -0.121. The van der Waals surface area contributed by atoms with Gasteiger partial charge in [-0.3, -0.25) is 0 Å². The Morgan fingerprint density at radius 1 is 1.47 bits per heavy atom. The van der Waals surface area contributed by atoms with Gasteiger partial charge in [0, 0.05) is 11.8 Å². The van der Waals surface area contributed by atoms with E-state index in [-0.39, 0.29) is 12.6 Å². The maximum atomic E-state index is 12.5. The quantitative estimate of drug-likeness (QED) is 0.773. The molecule has 0 bridgehead atoms. The van der Waals surface area contributed by atoms with Crippen molar-refractivity contribution in [2.45, 2.75) is 19.1 Å². The van der Waals surface area contributed by atoms with Crippen LogP contribution in [0.3, 0.4) is 0 Å². The molecule has 2 rings (SSSR count). The van der Waals surface area contributed by atoms with Crippen LogP contribution < -0.4 is 15.4 Å². The lowest BCUT2D eigenvalue weighted by atomic mass is 10.1. The molecule has 94 valence electrons. The van der Waals surface area contributed by atoms with E-state index < -0.39 is 12.7 Å². The van der Waals surface area contributed by atoms with Crippen molar-refractivity contribution in [3.05, 3.63) is 18.2 Å². The van der Waals surface area contributed by atoms with Crippen molar-refractivity contribution in [2.75, 3.05) is 23.8 Å². The first-order valence-electron chi connectivity index (χ1n) is 5.22. The number of nitrogens with two attached hydrogens (primary N) is 1. The van der Waals surface area contributed by atoms with Crippen molar-refractivity contribution in [3.63, 3.8) is 0 Å². The fourth-order valence-corrected chi connectivity index (χ4v) is 1.86. The highest BCUT2D eigenvalue weighted by Gasteiger charge is 2.35. The summed E-state index contributed by atoms with van der Waals surface area (Å²) in [4.78, 5) is 1.29. The van der Waals surface area contributed by atoms with E-state index in [4.69, 9.17) is 10.5 Å². The van der Waals surface area contributed by atoms with Crippen LogP contribution in [0.25, 0.3) is 0 Å². The molecule has 0 aliphatic carbocycles. The third kappa shape index (κ3) is 2.57. The van der Waals surface area contributed by atoms with Crippen LogP contribution in [0.15, 0.2) is 18.2 Å². The van der Waals surface area contributed by atoms with Crippen LogP contribution >= 0.6 is 0 Å². The second-order valence-electron chi connectivity index (χ2n) is 4.13. The standard InChI is InChI=1S/C11H13F3N2O/c1-7-5-17-10-4-8(15)2-3-9(10)16(7)6-11(12,13)14/h2-4,7H,5-6,15H2,1H3. The Morgan fingerprint density at radius 2 is 2.18 bits per heavy atom. The molecule has 6 heteroatoms. The molecule has 1 aromatic rings. The van der Waals surface area contributed by atoms with E-state index in [1.54, 1.807) is 25.1 Å². The molecule has 0 radical (unpaired) electrons. The fourth-order valence-electron chi connectivity index (χ4n) is 1.86. The smallest absolute Gasteiger partial charge is 0.405 e. The highest BCUT2D eigenvalue weighted by molar-refractivity contribution is 5.65. The average Bonchev–Trinajstić information content (AvgIpc) is 2.21. The van der Waals surface area contributed by atoms with Crippen LogP contribution in [0.2, 0.25) is 0 Å². The van der Waals surface area contributed by atoms with Crippen molar-refractivity contribution in [1.29, 1.82) is 0 Å². The summed E-state index contributed by atoms with van der Waals surface area (Å²) in [6, 6.07) is 4.37. The molecule has 1 unspecified atom stereocenters. The lowest BCUT2D eigenvalue weighted by Crippen LogP contribution is -2.46. The Morgan fingerprint density at radius 3 is 2.82 bits per heavy atom. The largest absolute Gasteiger partial charge is 0.489 e. The molecular weight excluding hydrogens is 233 g/mol. The van der Waals surface area contributed by atoms with E-state index in [0.717, 1.165) is 0 Å². The molecule has 17 heavy (non-hydrogen) atoms. The minimum atomic E-state index is -4.23. The zero-order valence-corrected chi connectivity index (χ0v) is 9.29. The number of nitrogen functional groups attached to an aromatic ring is 1. The van der Waals surface area contributed by atoms with Crippen molar-refractivity contribution in [1.82, 2.24) is 0 Å². The fraction of sp³-hybridized carbons (Fsp3) is 0.455. The van der Waals surface area contributed by atoms with Gasteiger partial charge in [0.15, 0.2) is 0 Å². The molecule has 0 fully saturated rings. The molecule has 1 aromatic carbocycles. The summed E-state index contributed by atoms with van der Waals surface area (Å²) in [5.74, 6) is 0.410. The Kier molecular flexibility index (Phi) is 2.81.